The van der Waals surface area contributed by atoms with Crippen LogP contribution in [-0.4, -0.2) is 41.5 Å². The maximum absolute atomic E-state index is 12.5. The number of amides is 1. The monoisotopic (exact) mass is 339 g/mol. The molecule has 25 heavy (non-hydrogen) atoms. The number of nitrogens with one attached hydrogen (secondary N) is 2. The zero-order valence-electron chi connectivity index (χ0n) is 15.9. The van der Waals surface area contributed by atoms with Gasteiger partial charge in [-0.3, -0.25) is 4.79 Å². The quantitative estimate of drug-likeness (QED) is 0.837. The largest absolute Gasteiger partial charge is 0.358 e. The lowest BCUT2D eigenvalue weighted by atomic mass is 9.73. The fourth-order valence-corrected chi connectivity index (χ4v) is 4.72. The number of hydrogen-bond acceptors (Lipinski definition) is 2. The van der Waals surface area contributed by atoms with Gasteiger partial charge in [-0.25, -0.2) is 0 Å². The predicted octanol–water partition coefficient (Wildman–Crippen LogP) is 3.35. The third-order valence-corrected chi connectivity index (χ3v) is 6.08. The fourth-order valence-electron chi connectivity index (χ4n) is 4.72. The molecule has 0 spiro atoms. The van der Waals surface area contributed by atoms with Crippen molar-refractivity contribution in [2.75, 3.05) is 13.6 Å². The van der Waals surface area contributed by atoms with Crippen molar-refractivity contribution in [3.05, 3.63) is 35.0 Å². The Bertz CT molecular complexity index is 830. The molecular formula is C21H29N3O. The van der Waals surface area contributed by atoms with Crippen molar-refractivity contribution in [3.8, 4) is 0 Å². The van der Waals surface area contributed by atoms with Crippen LogP contribution in [0.4, 0.5) is 0 Å². The molecule has 2 aromatic rings. The number of carbonyl (C=O) groups is 1. The van der Waals surface area contributed by atoms with Crippen LogP contribution in [0.5, 0.6) is 0 Å². The van der Waals surface area contributed by atoms with Gasteiger partial charge in [0, 0.05) is 46.6 Å². The Morgan fingerprint density at radius 3 is 2.80 bits per heavy atom. The Morgan fingerprint density at radius 1 is 1.32 bits per heavy atom. The van der Waals surface area contributed by atoms with Crippen LogP contribution >= 0.6 is 0 Å². The number of aromatic amines is 1. The summed E-state index contributed by atoms with van der Waals surface area (Å²) in [4.78, 5) is 18.5. The van der Waals surface area contributed by atoms with Gasteiger partial charge in [0.05, 0.1) is 0 Å². The molecule has 1 aromatic heterocycles. The van der Waals surface area contributed by atoms with E-state index in [-0.39, 0.29) is 17.4 Å². The number of rotatable bonds is 1. The highest BCUT2D eigenvalue weighted by molar-refractivity contribution is 5.89. The lowest BCUT2D eigenvalue weighted by Crippen LogP contribution is -2.56. The molecule has 1 amide bonds. The minimum atomic E-state index is -0.340. The van der Waals surface area contributed by atoms with Gasteiger partial charge in [0.25, 0.3) is 0 Å². The first-order valence-corrected chi connectivity index (χ1v) is 9.37. The molecule has 2 heterocycles. The number of nitrogens with zero attached hydrogens (tertiary/aromatic N) is 1. The average molecular weight is 339 g/mol. The van der Waals surface area contributed by atoms with Gasteiger partial charge in [0.1, 0.15) is 0 Å². The zero-order chi connectivity index (χ0) is 17.9. The van der Waals surface area contributed by atoms with E-state index in [9.17, 15) is 4.79 Å². The molecule has 0 radical (unpaired) electrons. The van der Waals surface area contributed by atoms with Crippen LogP contribution in [-0.2, 0) is 11.2 Å². The Hall–Kier alpha value is -1.81. The molecule has 4 heteroatoms. The fraction of sp³-hybridized carbons (Fsp3) is 0.571. The summed E-state index contributed by atoms with van der Waals surface area (Å²) in [5, 5.41) is 4.72. The van der Waals surface area contributed by atoms with Crippen molar-refractivity contribution in [1.29, 1.82) is 0 Å². The van der Waals surface area contributed by atoms with Crippen LogP contribution in [0.25, 0.3) is 10.9 Å². The van der Waals surface area contributed by atoms with E-state index in [1.807, 2.05) is 20.8 Å². The van der Waals surface area contributed by atoms with Crippen molar-refractivity contribution in [1.82, 2.24) is 15.2 Å². The number of H-pyrrole nitrogens is 1. The number of aromatic nitrogens is 1. The zero-order valence-corrected chi connectivity index (χ0v) is 15.9. The molecule has 0 bridgehead atoms. The molecule has 2 aliphatic rings. The first-order valence-electron chi connectivity index (χ1n) is 9.37. The second-order valence-corrected chi connectivity index (χ2v) is 8.97. The van der Waals surface area contributed by atoms with Crippen molar-refractivity contribution in [2.24, 2.45) is 5.41 Å². The SMILES string of the molecule is Cc1[nH]c2cccc3c2c1C[C@@H]1C3C[C@H](NC(=O)C(C)(C)C)CN1C. The van der Waals surface area contributed by atoms with Crippen LogP contribution in [0.15, 0.2) is 18.2 Å². The summed E-state index contributed by atoms with van der Waals surface area (Å²) in [7, 11) is 2.21. The second-order valence-electron chi connectivity index (χ2n) is 8.97. The molecule has 1 aliphatic carbocycles. The van der Waals surface area contributed by atoms with Crippen LogP contribution < -0.4 is 5.32 Å². The van der Waals surface area contributed by atoms with Gasteiger partial charge >= 0.3 is 0 Å². The Balaban J connectivity index is 1.68. The lowest BCUT2D eigenvalue weighted by molar-refractivity contribution is -0.129. The van der Waals surface area contributed by atoms with Crippen LogP contribution in [0.3, 0.4) is 0 Å². The summed E-state index contributed by atoms with van der Waals surface area (Å²) in [6.45, 7) is 9.06. The van der Waals surface area contributed by atoms with Gasteiger partial charge in [-0.05, 0) is 44.0 Å². The minimum Gasteiger partial charge on any atom is -0.358 e. The number of benzene rings is 1. The molecule has 1 aliphatic heterocycles. The van der Waals surface area contributed by atoms with E-state index in [1.165, 1.54) is 27.7 Å². The first kappa shape index (κ1) is 16.6. The second kappa shape index (κ2) is 5.60. The molecule has 134 valence electrons. The van der Waals surface area contributed by atoms with E-state index >= 15 is 0 Å². The van der Waals surface area contributed by atoms with Crippen molar-refractivity contribution >= 4 is 16.8 Å². The van der Waals surface area contributed by atoms with Gasteiger partial charge in [-0.15, -0.1) is 0 Å². The standard InChI is InChI=1S/C21H29N3O/c1-12-15-10-18-16(14-7-6-8-17(22-12)19(14)15)9-13(11-24(18)5)23-20(25)21(2,3)4/h6-8,13,16,18,22H,9-11H2,1-5H3,(H,23,25)/t13-,16?,18+/m0/s1. The molecule has 0 saturated carbocycles. The predicted molar refractivity (Wildman–Crippen MR) is 102 cm³/mol. The highest BCUT2D eigenvalue weighted by Gasteiger charge is 2.40. The van der Waals surface area contributed by atoms with Gasteiger partial charge in [-0.2, -0.15) is 0 Å². The minimum absolute atomic E-state index is 0.150. The molecule has 1 saturated heterocycles. The normalized spacial score (nSPS) is 26.5. The Morgan fingerprint density at radius 2 is 2.08 bits per heavy atom. The number of carbonyl (C=O) groups excluding carboxylic acids is 1. The Kier molecular flexibility index (Phi) is 3.73. The number of fused-ring (bicyclic) bond motifs is 2. The molecule has 1 unspecified atom stereocenters. The average Bonchev–Trinajstić information content (AvgIpc) is 2.85. The number of piperidine rings is 1. The molecule has 4 nitrogen and oxygen atoms in total. The van der Waals surface area contributed by atoms with E-state index in [4.69, 9.17) is 0 Å². The number of aryl methyl sites for hydroxylation is 1. The van der Waals surface area contributed by atoms with Crippen LogP contribution in [0.1, 0.15) is 49.9 Å². The maximum atomic E-state index is 12.5. The number of likely N-dealkylation sites (N-methyl/N-ethyl adjacent to an activating group) is 1. The highest BCUT2D eigenvalue weighted by atomic mass is 16.2. The van der Waals surface area contributed by atoms with E-state index < -0.39 is 0 Å². The number of hydrogen-bond donors (Lipinski definition) is 2. The number of likely N-dealkylation sites (tertiary alicyclic amines) is 1. The first-order chi connectivity index (χ1) is 11.8. The Labute approximate surface area is 150 Å². The molecule has 1 fully saturated rings. The smallest absolute Gasteiger partial charge is 0.225 e. The van der Waals surface area contributed by atoms with E-state index in [2.05, 4.69) is 47.4 Å². The maximum Gasteiger partial charge on any atom is 0.225 e. The molecule has 1 aromatic carbocycles. The van der Waals surface area contributed by atoms with Gasteiger partial charge in [0.15, 0.2) is 0 Å². The van der Waals surface area contributed by atoms with Crippen LogP contribution in [0, 0.1) is 12.3 Å². The summed E-state index contributed by atoms with van der Waals surface area (Å²) in [5.41, 5.74) is 5.15. The summed E-state index contributed by atoms with van der Waals surface area (Å²) in [6, 6.07) is 7.38. The van der Waals surface area contributed by atoms with Crippen LogP contribution in [0.2, 0.25) is 0 Å². The third-order valence-electron chi connectivity index (χ3n) is 6.08. The third kappa shape index (κ3) is 2.67. The summed E-state index contributed by atoms with van der Waals surface area (Å²) < 4.78 is 0. The van der Waals surface area contributed by atoms with Crippen molar-refractivity contribution in [2.45, 2.75) is 58.5 Å². The molecule has 4 rings (SSSR count). The topological polar surface area (TPSA) is 48.1 Å². The summed E-state index contributed by atoms with van der Waals surface area (Å²) in [6.07, 6.45) is 2.13. The van der Waals surface area contributed by atoms with E-state index in [1.54, 1.807) is 0 Å². The van der Waals surface area contributed by atoms with Crippen molar-refractivity contribution in [3.63, 3.8) is 0 Å². The molecular weight excluding hydrogens is 310 g/mol. The van der Waals surface area contributed by atoms with E-state index in [0.29, 0.717) is 12.0 Å². The lowest BCUT2D eigenvalue weighted by Gasteiger charge is -2.46. The van der Waals surface area contributed by atoms with Gasteiger partial charge < -0.3 is 15.2 Å². The molecule has 3 atom stereocenters. The van der Waals surface area contributed by atoms with Crippen molar-refractivity contribution < 1.29 is 4.79 Å². The molecule has 2 N–H and O–H groups in total. The highest BCUT2D eigenvalue weighted by Crippen LogP contribution is 2.44. The van der Waals surface area contributed by atoms with Gasteiger partial charge in [-0.1, -0.05) is 32.9 Å². The van der Waals surface area contributed by atoms with Gasteiger partial charge in [0.2, 0.25) is 5.91 Å². The summed E-state index contributed by atoms with van der Waals surface area (Å²) in [5.74, 6) is 0.631. The van der Waals surface area contributed by atoms with E-state index in [0.717, 1.165) is 19.4 Å². The summed E-state index contributed by atoms with van der Waals surface area (Å²) >= 11 is 0.